The van der Waals surface area contributed by atoms with Crippen molar-refractivity contribution in [2.24, 2.45) is 0 Å². The smallest absolute Gasteiger partial charge is 0.241 e. The number of aromatic nitrogens is 1. The largest absolute Gasteiger partial charge is 0.373 e. The maximum Gasteiger partial charge on any atom is 0.241 e. The predicted molar refractivity (Wildman–Crippen MR) is 104 cm³/mol. The number of amides is 1. The van der Waals surface area contributed by atoms with E-state index >= 15 is 0 Å². The average molecular weight is 365 g/mol. The van der Waals surface area contributed by atoms with Crippen molar-refractivity contribution in [1.82, 2.24) is 15.2 Å². The number of hydrogen-bond donors (Lipinski definition) is 1. The summed E-state index contributed by atoms with van der Waals surface area (Å²) in [5.74, 6) is 0.108. The number of ether oxygens (including phenoxy) is 1. The van der Waals surface area contributed by atoms with Gasteiger partial charge in [-0.3, -0.25) is 14.7 Å². The first-order valence-electron chi connectivity index (χ1n) is 9.71. The van der Waals surface area contributed by atoms with Gasteiger partial charge in [-0.1, -0.05) is 24.3 Å². The van der Waals surface area contributed by atoms with Crippen molar-refractivity contribution in [3.05, 3.63) is 65.5 Å². The van der Waals surface area contributed by atoms with E-state index in [4.69, 9.17) is 4.74 Å². The van der Waals surface area contributed by atoms with Gasteiger partial charge in [-0.2, -0.15) is 0 Å². The predicted octanol–water partition coefficient (Wildman–Crippen LogP) is 2.34. The zero-order chi connectivity index (χ0) is 18.9. The highest BCUT2D eigenvalue weighted by molar-refractivity contribution is 5.88. The molecule has 0 unspecified atom stereocenters. The van der Waals surface area contributed by atoms with E-state index in [2.05, 4.69) is 53.3 Å². The van der Waals surface area contributed by atoms with Crippen LogP contribution >= 0.6 is 0 Å². The Morgan fingerprint density at radius 3 is 2.30 bits per heavy atom. The minimum Gasteiger partial charge on any atom is -0.373 e. The quantitative estimate of drug-likeness (QED) is 0.904. The van der Waals surface area contributed by atoms with Crippen molar-refractivity contribution in [1.29, 1.82) is 0 Å². The summed E-state index contributed by atoms with van der Waals surface area (Å²) in [4.78, 5) is 19.9. The van der Waals surface area contributed by atoms with E-state index in [1.165, 1.54) is 11.1 Å². The van der Waals surface area contributed by atoms with E-state index < -0.39 is 5.54 Å². The standard InChI is InChI=1S/C22H27N3O2/c1-16-14-25(15-17(2)27-16)22(11-19-5-3-4-6-20(19)12-22)21(26)24-13-18-7-9-23-10-8-18/h3-10,16-17H,11-15H2,1-2H3,(H,24,26)/t16-,17+. The van der Waals surface area contributed by atoms with Gasteiger partial charge >= 0.3 is 0 Å². The molecule has 1 fully saturated rings. The molecule has 1 aromatic carbocycles. The van der Waals surface area contributed by atoms with Crippen LogP contribution in [0, 0.1) is 0 Å². The minimum absolute atomic E-state index is 0.108. The molecule has 1 aliphatic carbocycles. The molecule has 2 aromatic rings. The van der Waals surface area contributed by atoms with Crippen LogP contribution < -0.4 is 5.32 Å². The Morgan fingerprint density at radius 2 is 1.70 bits per heavy atom. The number of carbonyl (C=O) groups excluding carboxylic acids is 1. The number of benzene rings is 1. The van der Waals surface area contributed by atoms with Gasteiger partial charge < -0.3 is 10.1 Å². The number of morpholine rings is 1. The molecule has 2 heterocycles. The molecule has 27 heavy (non-hydrogen) atoms. The Labute approximate surface area is 160 Å². The first-order valence-corrected chi connectivity index (χ1v) is 9.71. The molecule has 4 rings (SSSR count). The molecule has 1 amide bonds. The third kappa shape index (κ3) is 3.62. The molecule has 2 aliphatic rings. The van der Waals surface area contributed by atoms with Gasteiger partial charge in [0.2, 0.25) is 5.91 Å². The Morgan fingerprint density at radius 1 is 1.11 bits per heavy atom. The van der Waals surface area contributed by atoms with Gasteiger partial charge in [-0.05, 0) is 42.7 Å². The van der Waals surface area contributed by atoms with Crippen LogP contribution in [0.1, 0.15) is 30.5 Å². The lowest BCUT2D eigenvalue weighted by Crippen LogP contribution is -2.64. The van der Waals surface area contributed by atoms with Crippen molar-refractivity contribution in [3.63, 3.8) is 0 Å². The van der Waals surface area contributed by atoms with Crippen molar-refractivity contribution in [2.45, 2.75) is 51.0 Å². The van der Waals surface area contributed by atoms with E-state index in [0.717, 1.165) is 31.5 Å². The number of hydrogen-bond acceptors (Lipinski definition) is 4. The summed E-state index contributed by atoms with van der Waals surface area (Å²) < 4.78 is 5.93. The lowest BCUT2D eigenvalue weighted by molar-refractivity contribution is -0.144. The Bertz CT molecular complexity index is 773. The summed E-state index contributed by atoms with van der Waals surface area (Å²) >= 11 is 0. The van der Waals surface area contributed by atoms with Crippen molar-refractivity contribution < 1.29 is 9.53 Å². The summed E-state index contributed by atoms with van der Waals surface area (Å²) in [6.07, 6.45) is 5.28. The number of pyridine rings is 1. The summed E-state index contributed by atoms with van der Waals surface area (Å²) in [5, 5.41) is 3.19. The van der Waals surface area contributed by atoms with Crippen LogP contribution in [-0.4, -0.2) is 46.6 Å². The van der Waals surface area contributed by atoms with Crippen LogP contribution in [0.25, 0.3) is 0 Å². The van der Waals surface area contributed by atoms with Crippen LogP contribution in [-0.2, 0) is 28.9 Å². The van der Waals surface area contributed by atoms with Crippen LogP contribution in [0.3, 0.4) is 0 Å². The Hall–Kier alpha value is -2.24. The summed E-state index contributed by atoms with van der Waals surface area (Å²) in [6, 6.07) is 12.3. The monoisotopic (exact) mass is 365 g/mol. The molecule has 2 atom stereocenters. The molecular formula is C22H27N3O2. The number of nitrogens with zero attached hydrogens (tertiary/aromatic N) is 2. The highest BCUT2D eigenvalue weighted by Gasteiger charge is 2.49. The van der Waals surface area contributed by atoms with Gasteiger partial charge in [0.1, 0.15) is 5.54 Å². The highest BCUT2D eigenvalue weighted by Crippen LogP contribution is 2.36. The van der Waals surface area contributed by atoms with Crippen LogP contribution in [0.2, 0.25) is 0 Å². The number of rotatable bonds is 4. The third-order valence-corrected chi connectivity index (χ3v) is 5.73. The fourth-order valence-electron chi connectivity index (χ4n) is 4.50. The van der Waals surface area contributed by atoms with Gasteiger partial charge in [-0.15, -0.1) is 0 Å². The van der Waals surface area contributed by atoms with Crippen LogP contribution in [0.15, 0.2) is 48.8 Å². The van der Waals surface area contributed by atoms with Gasteiger partial charge in [0, 0.05) is 44.9 Å². The second-order valence-corrected chi connectivity index (χ2v) is 7.85. The molecular weight excluding hydrogens is 338 g/mol. The SMILES string of the molecule is C[C@@H]1CN(C2(C(=O)NCc3ccncc3)Cc3ccccc3C2)C[C@H](C)O1. The first kappa shape index (κ1) is 18.1. The summed E-state index contributed by atoms with van der Waals surface area (Å²) in [6.45, 7) is 6.26. The molecule has 1 saturated heterocycles. The van der Waals surface area contributed by atoms with E-state index in [1.807, 2.05) is 12.1 Å². The van der Waals surface area contributed by atoms with Crippen LogP contribution in [0.5, 0.6) is 0 Å². The first-order chi connectivity index (χ1) is 13.1. The van der Waals surface area contributed by atoms with Gasteiger partial charge in [0.15, 0.2) is 0 Å². The van der Waals surface area contributed by atoms with Gasteiger partial charge in [0.25, 0.3) is 0 Å². The molecule has 5 nitrogen and oxygen atoms in total. The Kier molecular flexibility index (Phi) is 4.98. The minimum atomic E-state index is -0.539. The third-order valence-electron chi connectivity index (χ3n) is 5.73. The molecule has 142 valence electrons. The van der Waals surface area contributed by atoms with Crippen LogP contribution in [0.4, 0.5) is 0 Å². The van der Waals surface area contributed by atoms with Gasteiger partial charge in [0.05, 0.1) is 12.2 Å². The maximum atomic E-state index is 13.5. The number of carbonyl (C=O) groups is 1. The lowest BCUT2D eigenvalue weighted by Gasteiger charge is -2.45. The molecule has 0 radical (unpaired) electrons. The molecule has 1 N–H and O–H groups in total. The number of fused-ring (bicyclic) bond motifs is 1. The van der Waals surface area contributed by atoms with E-state index in [1.54, 1.807) is 12.4 Å². The fraction of sp³-hybridized carbons (Fsp3) is 0.455. The summed E-state index contributed by atoms with van der Waals surface area (Å²) in [5.41, 5.74) is 3.09. The molecule has 0 spiro atoms. The average Bonchev–Trinajstić information content (AvgIpc) is 3.07. The van der Waals surface area contributed by atoms with Crippen molar-refractivity contribution >= 4 is 5.91 Å². The lowest BCUT2D eigenvalue weighted by atomic mass is 9.90. The Balaban J connectivity index is 1.60. The molecule has 1 aliphatic heterocycles. The van der Waals surface area contributed by atoms with Crippen molar-refractivity contribution in [2.75, 3.05) is 13.1 Å². The van der Waals surface area contributed by atoms with E-state index in [9.17, 15) is 4.79 Å². The topological polar surface area (TPSA) is 54.5 Å². The normalized spacial score (nSPS) is 24.4. The highest BCUT2D eigenvalue weighted by atomic mass is 16.5. The van der Waals surface area contributed by atoms with Gasteiger partial charge in [-0.25, -0.2) is 0 Å². The number of nitrogens with one attached hydrogen (secondary N) is 1. The second-order valence-electron chi connectivity index (χ2n) is 7.85. The zero-order valence-corrected chi connectivity index (χ0v) is 16.0. The second kappa shape index (κ2) is 7.41. The van der Waals surface area contributed by atoms with E-state index in [0.29, 0.717) is 6.54 Å². The maximum absolute atomic E-state index is 13.5. The fourth-order valence-corrected chi connectivity index (χ4v) is 4.50. The zero-order valence-electron chi connectivity index (χ0n) is 16.0. The molecule has 1 aromatic heterocycles. The summed E-state index contributed by atoms with van der Waals surface area (Å²) in [7, 11) is 0. The van der Waals surface area contributed by atoms with E-state index in [-0.39, 0.29) is 18.1 Å². The molecule has 5 heteroatoms. The molecule has 0 bridgehead atoms. The molecule has 0 saturated carbocycles. The van der Waals surface area contributed by atoms with Crippen molar-refractivity contribution in [3.8, 4) is 0 Å².